The van der Waals surface area contributed by atoms with Crippen molar-refractivity contribution in [3.05, 3.63) is 0 Å². The molecule has 1 aliphatic rings. The predicted molar refractivity (Wildman–Crippen MR) is 66.3 cm³/mol. The molecule has 0 amide bonds. The summed E-state index contributed by atoms with van der Waals surface area (Å²) in [5.41, 5.74) is 0. The van der Waals surface area contributed by atoms with E-state index >= 15 is 0 Å². The molecule has 0 spiro atoms. The second-order valence-corrected chi connectivity index (χ2v) is 4.94. The Morgan fingerprint density at radius 3 is 2.60 bits per heavy atom. The second kappa shape index (κ2) is 6.46. The normalized spacial score (nSPS) is 24.8. The highest BCUT2D eigenvalue weighted by Gasteiger charge is 2.23. The van der Waals surface area contributed by atoms with Gasteiger partial charge in [-0.25, -0.2) is 0 Å². The van der Waals surface area contributed by atoms with E-state index in [1.165, 1.54) is 32.5 Å². The molecule has 0 bridgehead atoms. The van der Waals surface area contributed by atoms with Crippen molar-refractivity contribution < 1.29 is 0 Å². The van der Waals surface area contributed by atoms with Gasteiger partial charge >= 0.3 is 0 Å². The summed E-state index contributed by atoms with van der Waals surface area (Å²) in [6.45, 7) is 9.33. The van der Waals surface area contributed by atoms with Gasteiger partial charge in [0, 0.05) is 25.2 Å². The van der Waals surface area contributed by atoms with Crippen LogP contribution in [-0.2, 0) is 0 Å². The third-order valence-electron chi connectivity index (χ3n) is 3.30. The lowest BCUT2D eigenvalue weighted by molar-refractivity contribution is 0.109. The van der Waals surface area contributed by atoms with Gasteiger partial charge in [-0.2, -0.15) is 0 Å². The van der Waals surface area contributed by atoms with Crippen molar-refractivity contribution in [3.63, 3.8) is 0 Å². The van der Waals surface area contributed by atoms with Gasteiger partial charge in [-0.05, 0) is 47.0 Å². The molecule has 1 saturated heterocycles. The van der Waals surface area contributed by atoms with Crippen molar-refractivity contribution in [1.82, 2.24) is 15.1 Å². The van der Waals surface area contributed by atoms with Gasteiger partial charge in [-0.3, -0.25) is 4.90 Å². The fourth-order valence-corrected chi connectivity index (χ4v) is 2.68. The van der Waals surface area contributed by atoms with E-state index in [4.69, 9.17) is 0 Å². The molecular weight excluding hydrogens is 186 g/mol. The number of nitrogens with zero attached hydrogens (tertiary/aromatic N) is 2. The Balaban J connectivity index is 2.45. The Labute approximate surface area is 94.8 Å². The van der Waals surface area contributed by atoms with Crippen LogP contribution in [0.4, 0.5) is 0 Å². The van der Waals surface area contributed by atoms with Crippen molar-refractivity contribution in [3.8, 4) is 0 Å². The summed E-state index contributed by atoms with van der Waals surface area (Å²) in [5.74, 6) is 0. The zero-order chi connectivity index (χ0) is 11.3. The molecule has 3 nitrogen and oxygen atoms in total. The van der Waals surface area contributed by atoms with Crippen LogP contribution in [0, 0.1) is 0 Å². The van der Waals surface area contributed by atoms with Crippen LogP contribution in [0.3, 0.4) is 0 Å². The van der Waals surface area contributed by atoms with Gasteiger partial charge in [-0.15, -0.1) is 0 Å². The zero-order valence-electron chi connectivity index (χ0n) is 10.8. The minimum Gasteiger partial charge on any atom is -0.315 e. The Morgan fingerprint density at radius 1 is 1.40 bits per heavy atom. The van der Waals surface area contributed by atoms with E-state index in [0.29, 0.717) is 6.04 Å². The molecule has 1 aliphatic heterocycles. The van der Waals surface area contributed by atoms with E-state index < -0.39 is 0 Å². The van der Waals surface area contributed by atoms with E-state index in [1.54, 1.807) is 0 Å². The predicted octanol–water partition coefficient (Wildman–Crippen LogP) is 1.01. The van der Waals surface area contributed by atoms with Crippen LogP contribution < -0.4 is 5.32 Å². The maximum Gasteiger partial charge on any atom is 0.0224 e. The lowest BCUT2D eigenvalue weighted by atomic mass is 10.0. The summed E-state index contributed by atoms with van der Waals surface area (Å²) in [6.07, 6.45) is 2.69. The first-order valence-corrected chi connectivity index (χ1v) is 6.26. The average Bonchev–Trinajstić information content (AvgIpc) is 2.19. The molecule has 0 aromatic carbocycles. The smallest absolute Gasteiger partial charge is 0.0224 e. The van der Waals surface area contributed by atoms with Gasteiger partial charge in [0.1, 0.15) is 0 Å². The maximum atomic E-state index is 3.50. The van der Waals surface area contributed by atoms with Crippen molar-refractivity contribution in [2.45, 2.75) is 38.8 Å². The molecule has 1 N–H and O–H groups in total. The standard InChI is InChI=1S/C12H27N3/c1-5-15(11(2)10-14(3)4)12-7-6-8-13-9-12/h11-13H,5-10H2,1-4H3. The molecule has 90 valence electrons. The molecule has 0 aromatic heterocycles. The quantitative estimate of drug-likeness (QED) is 0.735. The molecule has 0 aliphatic carbocycles. The number of rotatable bonds is 5. The number of nitrogens with one attached hydrogen (secondary N) is 1. The molecule has 1 rings (SSSR count). The van der Waals surface area contributed by atoms with E-state index in [1.807, 2.05) is 0 Å². The highest BCUT2D eigenvalue weighted by Crippen LogP contribution is 2.13. The topological polar surface area (TPSA) is 18.5 Å². The van der Waals surface area contributed by atoms with E-state index in [2.05, 4.69) is 43.1 Å². The Kier molecular flexibility index (Phi) is 5.58. The monoisotopic (exact) mass is 213 g/mol. The summed E-state index contributed by atoms with van der Waals surface area (Å²) in [6, 6.07) is 1.41. The first-order valence-electron chi connectivity index (χ1n) is 6.26. The van der Waals surface area contributed by atoms with Crippen LogP contribution in [0.15, 0.2) is 0 Å². The van der Waals surface area contributed by atoms with Crippen LogP contribution >= 0.6 is 0 Å². The minimum absolute atomic E-state index is 0.662. The molecule has 0 aromatic rings. The Morgan fingerprint density at radius 2 is 2.13 bits per heavy atom. The number of hydrogen-bond acceptors (Lipinski definition) is 3. The SMILES string of the molecule is CCN(C(C)CN(C)C)C1CCCNC1. The average molecular weight is 213 g/mol. The summed E-state index contributed by atoms with van der Waals surface area (Å²) >= 11 is 0. The first kappa shape index (κ1) is 12.9. The van der Waals surface area contributed by atoms with Crippen molar-refractivity contribution in [2.24, 2.45) is 0 Å². The molecular formula is C12H27N3. The van der Waals surface area contributed by atoms with Gasteiger partial charge < -0.3 is 10.2 Å². The number of hydrogen-bond donors (Lipinski definition) is 1. The summed E-state index contributed by atoms with van der Waals surface area (Å²) < 4.78 is 0. The van der Waals surface area contributed by atoms with E-state index in [0.717, 1.165) is 12.6 Å². The molecule has 2 atom stereocenters. The summed E-state index contributed by atoms with van der Waals surface area (Å²) in [4.78, 5) is 4.93. The second-order valence-electron chi connectivity index (χ2n) is 4.94. The van der Waals surface area contributed by atoms with Crippen molar-refractivity contribution in [1.29, 1.82) is 0 Å². The van der Waals surface area contributed by atoms with Gasteiger partial charge in [0.2, 0.25) is 0 Å². The summed E-state index contributed by atoms with van der Waals surface area (Å²) in [5, 5.41) is 3.50. The fraction of sp³-hybridized carbons (Fsp3) is 1.00. The van der Waals surface area contributed by atoms with Gasteiger partial charge in [0.25, 0.3) is 0 Å². The summed E-state index contributed by atoms with van der Waals surface area (Å²) in [7, 11) is 4.31. The lowest BCUT2D eigenvalue weighted by Gasteiger charge is -2.39. The van der Waals surface area contributed by atoms with Crippen LogP contribution in [0.5, 0.6) is 0 Å². The van der Waals surface area contributed by atoms with Crippen LogP contribution in [0.25, 0.3) is 0 Å². The van der Waals surface area contributed by atoms with Gasteiger partial charge in [0.15, 0.2) is 0 Å². The fourth-order valence-electron chi connectivity index (χ4n) is 2.68. The van der Waals surface area contributed by atoms with Crippen molar-refractivity contribution >= 4 is 0 Å². The largest absolute Gasteiger partial charge is 0.315 e. The van der Waals surface area contributed by atoms with E-state index in [-0.39, 0.29) is 0 Å². The molecule has 15 heavy (non-hydrogen) atoms. The third kappa shape index (κ3) is 4.09. The van der Waals surface area contributed by atoms with Crippen LogP contribution in [0.1, 0.15) is 26.7 Å². The maximum absolute atomic E-state index is 3.50. The number of piperidine rings is 1. The van der Waals surface area contributed by atoms with Crippen LogP contribution in [0.2, 0.25) is 0 Å². The first-order chi connectivity index (χ1) is 7.15. The third-order valence-corrected chi connectivity index (χ3v) is 3.30. The van der Waals surface area contributed by atoms with Gasteiger partial charge in [-0.1, -0.05) is 6.92 Å². The van der Waals surface area contributed by atoms with Crippen molar-refractivity contribution in [2.75, 3.05) is 40.3 Å². The van der Waals surface area contributed by atoms with Crippen LogP contribution in [-0.4, -0.2) is 62.2 Å². The zero-order valence-corrected chi connectivity index (χ0v) is 10.8. The highest BCUT2D eigenvalue weighted by molar-refractivity contribution is 4.81. The van der Waals surface area contributed by atoms with E-state index in [9.17, 15) is 0 Å². The van der Waals surface area contributed by atoms with Gasteiger partial charge in [0.05, 0.1) is 0 Å². The molecule has 1 heterocycles. The molecule has 1 fully saturated rings. The minimum atomic E-state index is 0.662. The number of likely N-dealkylation sites (N-methyl/N-ethyl adjacent to an activating group) is 2. The molecule has 2 unspecified atom stereocenters. The highest BCUT2D eigenvalue weighted by atomic mass is 15.2. The molecule has 3 heteroatoms. The lowest BCUT2D eigenvalue weighted by Crippen LogP contribution is -2.51. The Bertz CT molecular complexity index is 164. The Hall–Kier alpha value is -0.120. The molecule has 0 radical (unpaired) electrons. The molecule has 0 saturated carbocycles.